The number of carboxylic acid groups (broad SMARTS) is 1. The minimum atomic E-state index is -5.88. The van der Waals surface area contributed by atoms with Gasteiger partial charge in [0.2, 0.25) is 0 Å². The van der Waals surface area contributed by atoms with Crippen LogP contribution in [0.25, 0.3) is 10.9 Å². The zero-order valence-corrected chi connectivity index (χ0v) is 15.9. The molecular formula is C18H13F6NO4S. The lowest BCUT2D eigenvalue weighted by Gasteiger charge is -2.18. The number of hydrogen-bond acceptors (Lipinski definition) is 4. The fraction of sp³-hybridized carbons (Fsp3) is 0.278. The smallest absolute Gasteiger partial charge is 0.499 e. The van der Waals surface area contributed by atoms with Crippen molar-refractivity contribution in [2.45, 2.75) is 32.2 Å². The third-order valence-corrected chi connectivity index (χ3v) is 5.23. The Labute approximate surface area is 168 Å². The zero-order valence-electron chi connectivity index (χ0n) is 15.1. The number of ether oxygens (including phenoxy) is 1. The molecule has 30 heavy (non-hydrogen) atoms. The molecule has 0 aliphatic rings. The molecule has 162 valence electrons. The monoisotopic (exact) mass is 453 g/mol. The number of alkyl halides is 5. The number of benzene rings is 1. The Hall–Kier alpha value is -2.89. The molecule has 0 radical (unpaired) electrons. The Kier molecular flexibility index (Phi) is 5.39. The molecule has 0 unspecified atom stereocenters. The van der Waals surface area contributed by atoms with Crippen molar-refractivity contribution in [1.82, 2.24) is 4.57 Å². The molecule has 5 nitrogen and oxygen atoms in total. The number of phenols is 1. The number of thiophene rings is 1. The number of carboxylic acids is 1. The van der Waals surface area contributed by atoms with Crippen LogP contribution in [-0.4, -0.2) is 33.0 Å². The average Bonchev–Trinajstić information content (AvgIpc) is 3.13. The third kappa shape index (κ3) is 4.04. The maximum atomic E-state index is 13.9. The number of hydrogen-bond donors (Lipinski definition) is 2. The van der Waals surface area contributed by atoms with Crippen molar-refractivity contribution in [3.8, 4) is 10.8 Å². The van der Waals surface area contributed by atoms with E-state index in [1.54, 1.807) is 6.92 Å². The van der Waals surface area contributed by atoms with Crippen LogP contribution < -0.4 is 4.74 Å². The first-order valence-corrected chi connectivity index (χ1v) is 9.11. The second kappa shape index (κ2) is 7.42. The molecule has 2 N–H and O–H groups in total. The third-order valence-electron chi connectivity index (χ3n) is 4.38. The number of carbonyl (C=O) groups is 1. The first-order valence-electron chi connectivity index (χ1n) is 8.23. The number of nitrogens with zero attached hydrogens (tertiary/aromatic N) is 1. The van der Waals surface area contributed by atoms with Gasteiger partial charge < -0.3 is 19.5 Å². The molecule has 0 aliphatic carbocycles. The summed E-state index contributed by atoms with van der Waals surface area (Å²) >= 11 is 0.522. The van der Waals surface area contributed by atoms with Gasteiger partial charge in [-0.25, -0.2) is 4.39 Å². The maximum Gasteiger partial charge on any atom is 0.499 e. The average molecular weight is 453 g/mol. The molecule has 0 spiro atoms. The van der Waals surface area contributed by atoms with Crippen LogP contribution in [0.5, 0.6) is 10.8 Å². The van der Waals surface area contributed by atoms with Gasteiger partial charge in [0.1, 0.15) is 0 Å². The largest absolute Gasteiger partial charge is 0.505 e. The summed E-state index contributed by atoms with van der Waals surface area (Å²) in [6, 6.07) is 3.06. The number of fused-ring (bicyclic) bond motifs is 1. The van der Waals surface area contributed by atoms with E-state index < -0.39 is 41.3 Å². The lowest BCUT2D eigenvalue weighted by atomic mass is 10.1. The van der Waals surface area contributed by atoms with E-state index in [9.17, 15) is 36.2 Å². The second-order valence-corrected chi connectivity index (χ2v) is 7.31. The van der Waals surface area contributed by atoms with Crippen molar-refractivity contribution in [3.63, 3.8) is 0 Å². The number of phenolic OH excluding ortho intramolecular Hbond substituents is 1. The first kappa shape index (κ1) is 21.8. The normalized spacial score (nSPS) is 12.5. The molecule has 1 aromatic carbocycles. The standard InChI is InChI=1S/C18H13F6NO4S/c1-8-10(4-15(27)28)11-3-14(26)12(19)5-13(11)25(8)6-9-2-16(30-7-9)29-18(23,24)17(20,21)22/h2-3,5,7,26H,4,6H2,1H3,(H,27,28). The fourth-order valence-corrected chi connectivity index (χ4v) is 3.77. The summed E-state index contributed by atoms with van der Waals surface area (Å²) < 4.78 is 82.2. The molecule has 12 heteroatoms. The molecule has 0 atom stereocenters. The van der Waals surface area contributed by atoms with Crippen LogP contribution in [0.2, 0.25) is 0 Å². The van der Waals surface area contributed by atoms with Crippen molar-refractivity contribution in [2.24, 2.45) is 0 Å². The molecule has 0 fully saturated rings. The topological polar surface area (TPSA) is 71.7 Å². The van der Waals surface area contributed by atoms with Crippen LogP contribution in [0.1, 0.15) is 16.8 Å². The van der Waals surface area contributed by atoms with Gasteiger partial charge >= 0.3 is 18.3 Å². The molecule has 0 aliphatic heterocycles. The van der Waals surface area contributed by atoms with E-state index in [4.69, 9.17) is 5.11 Å². The summed E-state index contributed by atoms with van der Waals surface area (Å²) in [5, 5.41) is 19.7. The Morgan fingerprint density at radius 3 is 2.47 bits per heavy atom. The number of aromatic nitrogens is 1. The highest BCUT2D eigenvalue weighted by Crippen LogP contribution is 2.39. The summed E-state index contributed by atoms with van der Waals surface area (Å²) in [7, 11) is 0. The van der Waals surface area contributed by atoms with Gasteiger partial charge in [0.15, 0.2) is 16.6 Å². The van der Waals surface area contributed by atoms with E-state index in [0.29, 0.717) is 22.6 Å². The van der Waals surface area contributed by atoms with Gasteiger partial charge in [0.25, 0.3) is 0 Å². The molecule has 3 rings (SSSR count). The van der Waals surface area contributed by atoms with Crippen molar-refractivity contribution in [2.75, 3.05) is 0 Å². The van der Waals surface area contributed by atoms with Crippen LogP contribution >= 0.6 is 11.3 Å². The van der Waals surface area contributed by atoms with Crippen LogP contribution in [0.15, 0.2) is 23.6 Å². The molecular weight excluding hydrogens is 440 g/mol. The highest BCUT2D eigenvalue weighted by atomic mass is 32.1. The van der Waals surface area contributed by atoms with Gasteiger partial charge in [-0.15, -0.1) is 11.3 Å². The van der Waals surface area contributed by atoms with E-state index in [-0.39, 0.29) is 23.0 Å². The SMILES string of the molecule is Cc1c(CC(=O)O)c2cc(O)c(F)cc2n1Cc1csc(OC(F)(F)C(F)(F)F)c1. The molecule has 0 amide bonds. The summed E-state index contributed by atoms with van der Waals surface area (Å²) in [5.41, 5.74) is 1.23. The summed E-state index contributed by atoms with van der Waals surface area (Å²) in [6.45, 7) is 1.47. The van der Waals surface area contributed by atoms with E-state index in [0.717, 1.165) is 18.2 Å². The lowest BCUT2D eigenvalue weighted by molar-refractivity contribution is -0.359. The Bertz CT molecular complexity index is 1120. The number of aliphatic carboxylic acids is 1. The summed E-state index contributed by atoms with van der Waals surface area (Å²) in [6.07, 6.45) is -11.7. The molecule has 3 aromatic rings. The highest BCUT2D eigenvalue weighted by molar-refractivity contribution is 7.12. The first-order chi connectivity index (χ1) is 13.8. The minimum absolute atomic E-state index is 0.0797. The number of halogens is 6. The van der Waals surface area contributed by atoms with E-state index in [1.807, 2.05) is 0 Å². The zero-order chi connectivity index (χ0) is 22.4. The van der Waals surface area contributed by atoms with Gasteiger partial charge in [-0.05, 0) is 35.6 Å². The minimum Gasteiger partial charge on any atom is -0.505 e. The van der Waals surface area contributed by atoms with E-state index >= 15 is 0 Å². The Morgan fingerprint density at radius 1 is 1.20 bits per heavy atom. The molecule has 0 saturated heterocycles. The molecule has 0 saturated carbocycles. The van der Waals surface area contributed by atoms with Gasteiger partial charge in [-0.2, -0.15) is 22.0 Å². The quantitative estimate of drug-likeness (QED) is 0.512. The fourth-order valence-electron chi connectivity index (χ4n) is 2.99. The highest BCUT2D eigenvalue weighted by Gasteiger charge is 2.61. The summed E-state index contributed by atoms with van der Waals surface area (Å²) in [5.74, 6) is -2.80. The Balaban J connectivity index is 1.99. The molecule has 2 heterocycles. The van der Waals surface area contributed by atoms with E-state index in [2.05, 4.69) is 4.74 Å². The van der Waals surface area contributed by atoms with Crippen molar-refractivity contribution < 1.29 is 46.1 Å². The predicted octanol–water partition coefficient (Wildman–Crippen LogP) is 5.07. The van der Waals surface area contributed by atoms with Gasteiger partial charge in [0.05, 0.1) is 11.9 Å². The van der Waals surface area contributed by atoms with Crippen molar-refractivity contribution in [1.29, 1.82) is 0 Å². The van der Waals surface area contributed by atoms with Crippen molar-refractivity contribution >= 4 is 28.2 Å². The van der Waals surface area contributed by atoms with Crippen LogP contribution in [0.3, 0.4) is 0 Å². The molecule has 2 aromatic heterocycles. The maximum absolute atomic E-state index is 13.9. The molecule has 0 bridgehead atoms. The van der Waals surface area contributed by atoms with Crippen LogP contribution in [0, 0.1) is 12.7 Å². The number of aromatic hydroxyl groups is 1. The van der Waals surface area contributed by atoms with Crippen molar-refractivity contribution in [3.05, 3.63) is 46.2 Å². The van der Waals surface area contributed by atoms with Crippen LogP contribution in [-0.2, 0) is 17.8 Å². The second-order valence-electron chi connectivity index (χ2n) is 6.43. The van der Waals surface area contributed by atoms with Gasteiger partial charge in [-0.3, -0.25) is 4.79 Å². The number of rotatable bonds is 6. The Morgan fingerprint density at radius 2 is 1.87 bits per heavy atom. The predicted molar refractivity (Wildman–Crippen MR) is 94.7 cm³/mol. The summed E-state index contributed by atoms with van der Waals surface area (Å²) in [4.78, 5) is 11.2. The van der Waals surface area contributed by atoms with Gasteiger partial charge in [0, 0.05) is 23.7 Å². The van der Waals surface area contributed by atoms with Crippen LogP contribution in [0.4, 0.5) is 26.3 Å². The lowest BCUT2D eigenvalue weighted by Crippen LogP contribution is -2.41. The van der Waals surface area contributed by atoms with Gasteiger partial charge in [-0.1, -0.05) is 0 Å². The van der Waals surface area contributed by atoms with E-state index in [1.165, 1.54) is 9.95 Å².